The summed E-state index contributed by atoms with van der Waals surface area (Å²) in [6, 6.07) is 5.97. The Morgan fingerprint density at radius 1 is 1.32 bits per heavy atom. The first kappa shape index (κ1) is 17.2. The number of hydrogen-bond donors (Lipinski definition) is 1. The van der Waals surface area contributed by atoms with Gasteiger partial charge in [-0.1, -0.05) is 12.1 Å². The molecule has 132 valence electrons. The van der Waals surface area contributed by atoms with Crippen molar-refractivity contribution in [2.75, 3.05) is 19.7 Å². The van der Waals surface area contributed by atoms with Crippen molar-refractivity contribution in [1.29, 1.82) is 0 Å². The second-order valence-corrected chi connectivity index (χ2v) is 5.95. The average Bonchev–Trinajstić information content (AvgIpc) is 2.94. The summed E-state index contributed by atoms with van der Waals surface area (Å²) in [4.78, 5) is 25.4. The zero-order valence-electron chi connectivity index (χ0n) is 13.7. The van der Waals surface area contributed by atoms with E-state index in [1.165, 1.54) is 18.4 Å². The van der Waals surface area contributed by atoms with Crippen molar-refractivity contribution in [3.8, 4) is 0 Å². The molecule has 1 saturated heterocycles. The fourth-order valence-corrected chi connectivity index (χ4v) is 2.92. The SMILES string of the molecule is Cc1coc(CC(=O)O)c1C(=O)N1CCOC(c2ccc(F)cc2)C1. The topological polar surface area (TPSA) is 80.0 Å². The van der Waals surface area contributed by atoms with Crippen molar-refractivity contribution in [1.82, 2.24) is 4.90 Å². The first-order chi connectivity index (χ1) is 12.0. The highest BCUT2D eigenvalue weighted by Gasteiger charge is 2.30. The van der Waals surface area contributed by atoms with Gasteiger partial charge in [0.25, 0.3) is 5.91 Å². The molecule has 0 saturated carbocycles. The quantitative estimate of drug-likeness (QED) is 0.919. The molecule has 0 radical (unpaired) electrons. The van der Waals surface area contributed by atoms with Crippen LogP contribution in [-0.4, -0.2) is 41.6 Å². The van der Waals surface area contributed by atoms with Gasteiger partial charge in [-0.3, -0.25) is 9.59 Å². The van der Waals surface area contributed by atoms with Crippen molar-refractivity contribution in [3.63, 3.8) is 0 Å². The fraction of sp³-hybridized carbons (Fsp3) is 0.333. The van der Waals surface area contributed by atoms with Crippen LogP contribution < -0.4 is 0 Å². The number of aryl methyl sites for hydroxylation is 1. The van der Waals surface area contributed by atoms with E-state index in [1.54, 1.807) is 24.0 Å². The number of benzene rings is 1. The number of aliphatic carboxylic acids is 1. The molecule has 0 bridgehead atoms. The van der Waals surface area contributed by atoms with Crippen LogP contribution >= 0.6 is 0 Å². The molecular weight excluding hydrogens is 329 g/mol. The van der Waals surface area contributed by atoms with Gasteiger partial charge in [0.1, 0.15) is 24.1 Å². The Balaban J connectivity index is 1.79. The molecule has 0 spiro atoms. The third-order valence-corrected chi connectivity index (χ3v) is 4.17. The smallest absolute Gasteiger partial charge is 0.311 e. The number of amides is 1. The number of nitrogens with zero attached hydrogens (tertiary/aromatic N) is 1. The molecule has 1 aromatic carbocycles. The highest BCUT2D eigenvalue weighted by atomic mass is 19.1. The molecule has 0 aliphatic carbocycles. The van der Waals surface area contributed by atoms with E-state index in [0.717, 1.165) is 5.56 Å². The molecule has 1 aliphatic rings. The first-order valence-corrected chi connectivity index (χ1v) is 7.91. The zero-order valence-corrected chi connectivity index (χ0v) is 13.7. The Kier molecular flexibility index (Phi) is 4.85. The lowest BCUT2D eigenvalue weighted by atomic mass is 10.1. The van der Waals surface area contributed by atoms with Gasteiger partial charge in [0.2, 0.25) is 0 Å². The summed E-state index contributed by atoms with van der Waals surface area (Å²) < 4.78 is 24.0. The minimum atomic E-state index is -1.06. The second kappa shape index (κ2) is 7.06. The molecule has 7 heteroatoms. The number of halogens is 1. The molecule has 1 aromatic heterocycles. The molecule has 25 heavy (non-hydrogen) atoms. The number of ether oxygens (including phenoxy) is 1. The van der Waals surface area contributed by atoms with Crippen LogP contribution in [0, 0.1) is 12.7 Å². The summed E-state index contributed by atoms with van der Waals surface area (Å²) in [5.41, 5.74) is 1.68. The third kappa shape index (κ3) is 3.71. The monoisotopic (exact) mass is 347 g/mol. The molecule has 1 N–H and O–H groups in total. The maximum absolute atomic E-state index is 13.1. The summed E-state index contributed by atoms with van der Waals surface area (Å²) >= 11 is 0. The van der Waals surface area contributed by atoms with E-state index in [9.17, 15) is 14.0 Å². The molecule has 1 atom stereocenters. The zero-order chi connectivity index (χ0) is 18.0. The lowest BCUT2D eigenvalue weighted by Crippen LogP contribution is -2.42. The van der Waals surface area contributed by atoms with E-state index >= 15 is 0 Å². The standard InChI is InChI=1S/C18H18FNO5/c1-11-10-25-14(8-16(21)22)17(11)18(23)20-6-7-24-15(9-20)12-2-4-13(19)5-3-12/h2-5,10,15H,6-9H2,1H3,(H,21,22). The maximum Gasteiger partial charge on any atom is 0.311 e. The second-order valence-electron chi connectivity index (χ2n) is 5.95. The van der Waals surface area contributed by atoms with Crippen LogP contribution in [0.5, 0.6) is 0 Å². The molecule has 1 fully saturated rings. The van der Waals surface area contributed by atoms with Crippen LogP contribution in [0.2, 0.25) is 0 Å². The summed E-state index contributed by atoms with van der Waals surface area (Å²) in [6.07, 6.45) is 0.692. The van der Waals surface area contributed by atoms with Gasteiger partial charge in [0.05, 0.1) is 25.0 Å². The predicted octanol–water partition coefficient (Wildman–Crippen LogP) is 2.57. The van der Waals surface area contributed by atoms with Crippen molar-refractivity contribution in [2.45, 2.75) is 19.4 Å². The lowest BCUT2D eigenvalue weighted by molar-refractivity contribution is -0.136. The third-order valence-electron chi connectivity index (χ3n) is 4.17. The minimum Gasteiger partial charge on any atom is -0.481 e. The number of carboxylic acids is 1. The van der Waals surface area contributed by atoms with Crippen LogP contribution in [-0.2, 0) is 16.0 Å². The van der Waals surface area contributed by atoms with Crippen molar-refractivity contribution >= 4 is 11.9 Å². The van der Waals surface area contributed by atoms with E-state index in [0.29, 0.717) is 30.8 Å². The lowest BCUT2D eigenvalue weighted by Gasteiger charge is -2.33. The molecular formula is C18H18FNO5. The highest BCUT2D eigenvalue weighted by molar-refractivity contribution is 5.97. The normalized spacial score (nSPS) is 17.5. The Morgan fingerprint density at radius 3 is 2.72 bits per heavy atom. The number of carbonyl (C=O) groups is 2. The molecule has 3 rings (SSSR count). The maximum atomic E-state index is 13.1. The van der Waals surface area contributed by atoms with Gasteiger partial charge in [0, 0.05) is 12.1 Å². The molecule has 2 heterocycles. The summed E-state index contributed by atoms with van der Waals surface area (Å²) in [5.74, 6) is -1.52. The van der Waals surface area contributed by atoms with Gasteiger partial charge in [-0.2, -0.15) is 0 Å². The Bertz CT molecular complexity index is 783. The number of rotatable bonds is 4. The van der Waals surface area contributed by atoms with Gasteiger partial charge >= 0.3 is 5.97 Å². The minimum absolute atomic E-state index is 0.153. The van der Waals surface area contributed by atoms with Gasteiger partial charge in [-0.05, 0) is 24.6 Å². The summed E-state index contributed by atoms with van der Waals surface area (Å²) in [5, 5.41) is 8.97. The van der Waals surface area contributed by atoms with Crippen molar-refractivity contribution in [3.05, 3.63) is 58.8 Å². The highest BCUT2D eigenvalue weighted by Crippen LogP contribution is 2.26. The predicted molar refractivity (Wildman–Crippen MR) is 85.8 cm³/mol. The summed E-state index contributed by atoms with van der Waals surface area (Å²) in [7, 11) is 0. The van der Waals surface area contributed by atoms with Gasteiger partial charge in [-0.15, -0.1) is 0 Å². The van der Waals surface area contributed by atoms with E-state index in [4.69, 9.17) is 14.3 Å². The Morgan fingerprint density at radius 2 is 2.04 bits per heavy atom. The largest absolute Gasteiger partial charge is 0.481 e. The van der Waals surface area contributed by atoms with Crippen LogP contribution in [0.3, 0.4) is 0 Å². The average molecular weight is 347 g/mol. The summed E-state index contributed by atoms with van der Waals surface area (Å²) in [6.45, 7) is 2.76. The van der Waals surface area contributed by atoms with Crippen LogP contribution in [0.25, 0.3) is 0 Å². The van der Waals surface area contributed by atoms with E-state index in [2.05, 4.69) is 0 Å². The van der Waals surface area contributed by atoms with Crippen LogP contribution in [0.4, 0.5) is 4.39 Å². The fourth-order valence-electron chi connectivity index (χ4n) is 2.92. The molecule has 2 aromatic rings. The molecule has 1 aliphatic heterocycles. The number of carboxylic acid groups (broad SMARTS) is 1. The Hall–Kier alpha value is -2.67. The number of carbonyl (C=O) groups excluding carboxylic acids is 1. The van der Waals surface area contributed by atoms with E-state index < -0.39 is 5.97 Å². The van der Waals surface area contributed by atoms with Gasteiger partial charge < -0.3 is 19.2 Å². The molecule has 6 nitrogen and oxygen atoms in total. The van der Waals surface area contributed by atoms with Crippen LogP contribution in [0.15, 0.2) is 34.9 Å². The van der Waals surface area contributed by atoms with Crippen LogP contribution in [0.1, 0.15) is 33.3 Å². The van der Waals surface area contributed by atoms with E-state index in [1.807, 2.05) is 0 Å². The van der Waals surface area contributed by atoms with Gasteiger partial charge in [0.15, 0.2) is 0 Å². The van der Waals surface area contributed by atoms with E-state index in [-0.39, 0.29) is 30.0 Å². The molecule has 1 unspecified atom stereocenters. The van der Waals surface area contributed by atoms with Crippen molar-refractivity contribution in [2.24, 2.45) is 0 Å². The number of furan rings is 1. The van der Waals surface area contributed by atoms with Gasteiger partial charge in [-0.25, -0.2) is 4.39 Å². The van der Waals surface area contributed by atoms with Crippen molar-refractivity contribution < 1.29 is 28.2 Å². The number of hydrogen-bond acceptors (Lipinski definition) is 4. The first-order valence-electron chi connectivity index (χ1n) is 7.91. The molecule has 1 amide bonds. The number of morpholine rings is 1. The Labute approximate surface area is 143 Å².